The molecule has 1 aliphatic carbocycles. The second kappa shape index (κ2) is 5.16. The Morgan fingerprint density at radius 2 is 2.24 bits per heavy atom. The highest BCUT2D eigenvalue weighted by atomic mass is 127. The summed E-state index contributed by atoms with van der Waals surface area (Å²) in [5.74, 6) is 0. The lowest BCUT2D eigenvalue weighted by Gasteiger charge is -2.28. The summed E-state index contributed by atoms with van der Waals surface area (Å²) >= 11 is 5.59. The van der Waals surface area contributed by atoms with Crippen LogP contribution in [0, 0.1) is 3.70 Å². The molecule has 0 bridgehead atoms. The maximum Gasteiger partial charge on any atom is 0.150 e. The molecule has 7 heteroatoms. The smallest absolute Gasteiger partial charge is 0.150 e. The molecule has 1 aliphatic rings. The monoisotopic (exact) mass is 432 g/mol. The van der Waals surface area contributed by atoms with Crippen molar-refractivity contribution in [3.8, 4) is 0 Å². The van der Waals surface area contributed by atoms with Crippen molar-refractivity contribution < 1.29 is 8.42 Å². The molecule has 1 aromatic rings. The number of halogens is 2. The van der Waals surface area contributed by atoms with Crippen LogP contribution in [0.15, 0.2) is 10.7 Å². The third-order valence-electron chi connectivity index (χ3n) is 3.22. The third-order valence-corrected chi connectivity index (χ3v) is 6.98. The van der Waals surface area contributed by atoms with Crippen LogP contribution in [0.25, 0.3) is 0 Å². The lowest BCUT2D eigenvalue weighted by molar-refractivity contribution is 0.328. The summed E-state index contributed by atoms with van der Waals surface area (Å²) in [5.41, 5.74) is 0. The van der Waals surface area contributed by atoms with Crippen LogP contribution in [-0.4, -0.2) is 29.7 Å². The van der Waals surface area contributed by atoms with Gasteiger partial charge in [-0.15, -0.1) is 0 Å². The van der Waals surface area contributed by atoms with E-state index >= 15 is 0 Å². The summed E-state index contributed by atoms with van der Waals surface area (Å²) < 4.78 is 27.0. The van der Waals surface area contributed by atoms with Crippen LogP contribution in [0.3, 0.4) is 0 Å². The number of sulfone groups is 1. The van der Waals surface area contributed by atoms with Crippen LogP contribution in [0.5, 0.6) is 0 Å². The van der Waals surface area contributed by atoms with Crippen molar-refractivity contribution >= 4 is 48.4 Å². The predicted octanol–water partition coefficient (Wildman–Crippen LogP) is 2.78. The minimum atomic E-state index is -2.92. The maximum atomic E-state index is 11.6. The molecule has 2 atom stereocenters. The molecule has 2 rings (SSSR count). The standard InChI is InChI=1S/C10H14BrIN2O2S/c1-17(15,16)8-4-2-3-7(5-8)14-6-9(11)10(12)13-14/h6-8H,2-5H2,1H3. The molecule has 0 aromatic carbocycles. The van der Waals surface area contributed by atoms with Gasteiger partial charge in [-0.25, -0.2) is 8.42 Å². The molecule has 1 fully saturated rings. The number of hydrogen-bond acceptors (Lipinski definition) is 3. The minimum Gasteiger partial charge on any atom is -0.267 e. The molecule has 1 saturated carbocycles. The van der Waals surface area contributed by atoms with Gasteiger partial charge in [-0.2, -0.15) is 5.10 Å². The van der Waals surface area contributed by atoms with Crippen molar-refractivity contribution in [3.63, 3.8) is 0 Å². The summed E-state index contributed by atoms with van der Waals surface area (Å²) in [6.07, 6.45) is 6.71. The van der Waals surface area contributed by atoms with Gasteiger partial charge in [0.2, 0.25) is 0 Å². The largest absolute Gasteiger partial charge is 0.267 e. The van der Waals surface area contributed by atoms with Gasteiger partial charge in [0.05, 0.1) is 15.8 Å². The molecule has 0 saturated heterocycles. The Labute approximate surface area is 123 Å². The Balaban J connectivity index is 2.18. The molecule has 0 aliphatic heterocycles. The van der Waals surface area contributed by atoms with Crippen molar-refractivity contribution in [2.45, 2.75) is 37.0 Å². The van der Waals surface area contributed by atoms with Crippen LogP contribution in [0.4, 0.5) is 0 Å². The number of aromatic nitrogens is 2. The van der Waals surface area contributed by atoms with Gasteiger partial charge in [-0.3, -0.25) is 4.68 Å². The average molecular weight is 433 g/mol. The third kappa shape index (κ3) is 3.23. The van der Waals surface area contributed by atoms with Crippen LogP contribution < -0.4 is 0 Å². The van der Waals surface area contributed by atoms with E-state index in [1.807, 2.05) is 10.9 Å². The Kier molecular flexibility index (Phi) is 4.19. The fourth-order valence-corrected chi connectivity index (χ4v) is 4.13. The van der Waals surface area contributed by atoms with E-state index in [0.717, 1.165) is 27.4 Å². The summed E-state index contributed by atoms with van der Waals surface area (Å²) in [6, 6.07) is 0.211. The van der Waals surface area contributed by atoms with Crippen molar-refractivity contribution in [1.82, 2.24) is 9.78 Å². The van der Waals surface area contributed by atoms with Gasteiger partial charge in [-0.05, 0) is 57.8 Å². The van der Waals surface area contributed by atoms with E-state index in [2.05, 4.69) is 43.6 Å². The van der Waals surface area contributed by atoms with Gasteiger partial charge in [-0.1, -0.05) is 6.42 Å². The first-order chi connectivity index (χ1) is 7.88. The molecule has 4 nitrogen and oxygen atoms in total. The SMILES string of the molecule is CS(=O)(=O)C1CCCC(n2cc(Br)c(I)n2)C1. The van der Waals surface area contributed by atoms with Gasteiger partial charge in [0, 0.05) is 12.5 Å². The summed E-state index contributed by atoms with van der Waals surface area (Å²) in [7, 11) is -2.92. The molecule has 0 radical (unpaired) electrons. The average Bonchev–Trinajstić information content (AvgIpc) is 2.58. The highest BCUT2D eigenvalue weighted by Gasteiger charge is 2.30. The summed E-state index contributed by atoms with van der Waals surface area (Å²) in [6.45, 7) is 0. The first-order valence-corrected chi connectivity index (χ1v) is 9.29. The van der Waals surface area contributed by atoms with Crippen LogP contribution in [0.1, 0.15) is 31.7 Å². The molecular formula is C10H14BrIN2O2S. The fourth-order valence-electron chi connectivity index (χ4n) is 2.28. The van der Waals surface area contributed by atoms with E-state index in [4.69, 9.17) is 0 Å². The van der Waals surface area contributed by atoms with Crippen LogP contribution in [0.2, 0.25) is 0 Å². The number of nitrogens with zero attached hydrogens (tertiary/aromatic N) is 2. The predicted molar refractivity (Wildman–Crippen MR) is 78.8 cm³/mol. The molecule has 2 unspecified atom stereocenters. The molecule has 96 valence electrons. The summed E-state index contributed by atoms with van der Waals surface area (Å²) in [5, 5.41) is 4.21. The topological polar surface area (TPSA) is 52.0 Å². The van der Waals surface area contributed by atoms with E-state index in [0.29, 0.717) is 6.42 Å². The molecular weight excluding hydrogens is 419 g/mol. The molecule has 1 heterocycles. The van der Waals surface area contributed by atoms with Crippen LogP contribution in [-0.2, 0) is 9.84 Å². The zero-order chi connectivity index (χ0) is 12.6. The molecule has 1 aromatic heterocycles. The van der Waals surface area contributed by atoms with Gasteiger partial charge in [0.25, 0.3) is 0 Å². The van der Waals surface area contributed by atoms with E-state index in [1.165, 1.54) is 6.26 Å². The number of rotatable bonds is 2. The van der Waals surface area contributed by atoms with E-state index in [1.54, 1.807) is 0 Å². The second-order valence-electron chi connectivity index (χ2n) is 4.52. The Bertz CT molecular complexity index is 495. The second-order valence-corrected chi connectivity index (χ2v) is 8.72. The lowest BCUT2D eigenvalue weighted by Crippen LogP contribution is -2.29. The lowest BCUT2D eigenvalue weighted by atomic mass is 9.95. The first kappa shape index (κ1) is 13.8. The zero-order valence-electron chi connectivity index (χ0n) is 9.44. The maximum absolute atomic E-state index is 11.6. The van der Waals surface area contributed by atoms with Crippen molar-refractivity contribution in [3.05, 3.63) is 14.4 Å². The van der Waals surface area contributed by atoms with Crippen LogP contribution >= 0.6 is 38.5 Å². The fraction of sp³-hybridized carbons (Fsp3) is 0.700. The normalized spacial score (nSPS) is 26.1. The van der Waals surface area contributed by atoms with Crippen molar-refractivity contribution in [2.75, 3.05) is 6.26 Å². The number of hydrogen-bond donors (Lipinski definition) is 0. The van der Waals surface area contributed by atoms with Crippen molar-refractivity contribution in [2.24, 2.45) is 0 Å². The van der Waals surface area contributed by atoms with Gasteiger partial charge in [0.1, 0.15) is 13.5 Å². The Hall–Kier alpha value is 0.370. The Morgan fingerprint density at radius 3 is 2.76 bits per heavy atom. The highest BCUT2D eigenvalue weighted by Crippen LogP contribution is 2.32. The molecule has 0 spiro atoms. The summed E-state index contributed by atoms with van der Waals surface area (Å²) in [4.78, 5) is 0. The Morgan fingerprint density at radius 1 is 1.53 bits per heavy atom. The zero-order valence-corrected chi connectivity index (χ0v) is 14.0. The van der Waals surface area contributed by atoms with Gasteiger partial charge in [0.15, 0.2) is 0 Å². The van der Waals surface area contributed by atoms with E-state index in [-0.39, 0.29) is 11.3 Å². The quantitative estimate of drug-likeness (QED) is 0.675. The molecule has 0 N–H and O–H groups in total. The molecule has 0 amide bonds. The minimum absolute atomic E-state index is 0.207. The van der Waals surface area contributed by atoms with Gasteiger partial charge < -0.3 is 0 Å². The van der Waals surface area contributed by atoms with Crippen molar-refractivity contribution in [1.29, 1.82) is 0 Å². The molecule has 17 heavy (non-hydrogen) atoms. The van der Waals surface area contributed by atoms with E-state index < -0.39 is 9.84 Å². The van der Waals surface area contributed by atoms with E-state index in [9.17, 15) is 8.42 Å². The highest BCUT2D eigenvalue weighted by molar-refractivity contribution is 14.1. The first-order valence-electron chi connectivity index (χ1n) is 5.47. The van der Waals surface area contributed by atoms with Gasteiger partial charge >= 0.3 is 0 Å².